The first-order chi connectivity index (χ1) is 6.95. The van der Waals surface area contributed by atoms with Gasteiger partial charge < -0.3 is 0 Å². The summed E-state index contributed by atoms with van der Waals surface area (Å²) >= 11 is 0. The Hall–Kier alpha value is -1.32. The van der Waals surface area contributed by atoms with Crippen LogP contribution < -0.4 is 5.56 Å². The zero-order valence-electron chi connectivity index (χ0n) is 9.46. The van der Waals surface area contributed by atoms with E-state index in [2.05, 4.69) is 4.98 Å². The summed E-state index contributed by atoms with van der Waals surface area (Å²) in [6, 6.07) is 0. The van der Waals surface area contributed by atoms with Crippen molar-refractivity contribution in [2.24, 2.45) is 7.05 Å². The second-order valence-corrected chi connectivity index (χ2v) is 4.07. The van der Waals surface area contributed by atoms with Gasteiger partial charge in [0.2, 0.25) is 0 Å². The molecule has 2 radical (unpaired) electrons. The lowest BCUT2D eigenvalue weighted by molar-refractivity contribution is 0.755. The molecule has 0 amide bonds. The number of aryl methyl sites for hydroxylation is 1. The minimum atomic E-state index is -0.215. The molecule has 0 aromatic carbocycles. The molecule has 1 aromatic heterocycles. The van der Waals surface area contributed by atoms with Gasteiger partial charge in [-0.05, 0) is 32.2 Å². The monoisotopic (exact) mass is 200 g/mol. The van der Waals surface area contributed by atoms with Crippen molar-refractivity contribution in [2.45, 2.75) is 26.6 Å². The van der Waals surface area contributed by atoms with Crippen LogP contribution in [0.1, 0.15) is 36.7 Å². The van der Waals surface area contributed by atoms with Gasteiger partial charge in [-0.3, -0.25) is 9.36 Å². The van der Waals surface area contributed by atoms with Crippen LogP contribution in [0.25, 0.3) is 5.57 Å². The van der Waals surface area contributed by atoms with E-state index in [-0.39, 0.29) is 11.4 Å². The molecule has 0 aliphatic heterocycles. The van der Waals surface area contributed by atoms with E-state index in [9.17, 15) is 4.79 Å². The Morgan fingerprint density at radius 1 is 1.33 bits per heavy atom. The van der Waals surface area contributed by atoms with E-state index in [0.29, 0.717) is 11.4 Å². The number of allylic oxidation sites excluding steroid dienone is 2. The molecule has 0 spiro atoms. The number of rotatable bonds is 0. The van der Waals surface area contributed by atoms with Crippen molar-refractivity contribution in [1.82, 2.24) is 9.55 Å². The van der Waals surface area contributed by atoms with Crippen LogP contribution in [-0.2, 0) is 7.05 Å². The average Bonchev–Trinajstić information content (AvgIpc) is 2.40. The molecule has 1 atom stereocenters. The number of nitrogens with zero attached hydrogens (tertiary/aromatic N) is 2. The molecule has 0 fully saturated rings. The first kappa shape index (κ1) is 10.2. The van der Waals surface area contributed by atoms with Gasteiger partial charge in [-0.15, -0.1) is 0 Å². The average molecular weight is 200 g/mol. The summed E-state index contributed by atoms with van der Waals surface area (Å²) in [7, 11) is 7.73. The van der Waals surface area contributed by atoms with Crippen molar-refractivity contribution in [3.63, 3.8) is 0 Å². The van der Waals surface area contributed by atoms with Crippen molar-refractivity contribution >= 4 is 13.4 Å². The van der Waals surface area contributed by atoms with Gasteiger partial charge >= 0.3 is 0 Å². The van der Waals surface area contributed by atoms with Crippen molar-refractivity contribution < 1.29 is 0 Å². The van der Waals surface area contributed by atoms with Crippen LogP contribution in [0, 0.1) is 6.92 Å². The summed E-state index contributed by atoms with van der Waals surface area (Å²) in [5, 5.41) is 0. The molecule has 3 nitrogen and oxygen atoms in total. The first-order valence-corrected chi connectivity index (χ1v) is 4.96. The molecule has 1 aliphatic carbocycles. The highest BCUT2D eigenvalue weighted by molar-refractivity contribution is 6.16. The quantitative estimate of drug-likeness (QED) is 0.588. The Morgan fingerprint density at radius 3 is 2.53 bits per heavy atom. The van der Waals surface area contributed by atoms with Crippen LogP contribution in [0.5, 0.6) is 0 Å². The van der Waals surface area contributed by atoms with Gasteiger partial charge in [0.15, 0.2) is 0 Å². The van der Waals surface area contributed by atoms with E-state index < -0.39 is 0 Å². The molecule has 1 aromatic rings. The molecular weight excluding hydrogens is 187 g/mol. The lowest BCUT2D eigenvalue weighted by atomic mass is 9.81. The second kappa shape index (κ2) is 3.09. The largest absolute Gasteiger partial charge is 0.300 e. The maximum atomic E-state index is 12.0. The molecule has 1 unspecified atom stereocenters. The molecule has 15 heavy (non-hydrogen) atoms. The third-order valence-corrected chi connectivity index (χ3v) is 3.27. The lowest BCUT2D eigenvalue weighted by Gasteiger charge is -2.09. The maximum absolute atomic E-state index is 12.0. The summed E-state index contributed by atoms with van der Waals surface area (Å²) in [4.78, 5) is 16.4. The highest BCUT2D eigenvalue weighted by Gasteiger charge is 2.27. The van der Waals surface area contributed by atoms with E-state index in [1.165, 1.54) is 0 Å². The lowest BCUT2D eigenvalue weighted by Crippen LogP contribution is -2.25. The van der Waals surface area contributed by atoms with Gasteiger partial charge in [0.25, 0.3) is 5.56 Å². The zero-order chi connectivity index (χ0) is 11.3. The SMILES string of the molecule is [B]C1C(C)=C(C)c2c1nc(C)n(C)c2=O. The Bertz CT molecular complexity index is 528. The molecule has 0 saturated heterocycles. The highest BCUT2D eigenvalue weighted by atomic mass is 16.1. The van der Waals surface area contributed by atoms with Gasteiger partial charge in [-0.1, -0.05) is 5.57 Å². The molecule has 1 heterocycles. The van der Waals surface area contributed by atoms with Gasteiger partial charge in [0, 0.05) is 7.05 Å². The number of hydrogen-bond donors (Lipinski definition) is 0. The number of aromatic nitrogens is 2. The topological polar surface area (TPSA) is 34.9 Å². The van der Waals surface area contributed by atoms with Crippen LogP contribution in [0.4, 0.5) is 0 Å². The van der Waals surface area contributed by atoms with Crippen molar-refractivity contribution in [2.75, 3.05) is 0 Å². The molecule has 1 aliphatic rings. The van der Waals surface area contributed by atoms with E-state index in [1.54, 1.807) is 11.6 Å². The summed E-state index contributed by atoms with van der Waals surface area (Å²) in [6.45, 7) is 5.70. The summed E-state index contributed by atoms with van der Waals surface area (Å²) < 4.78 is 1.56. The van der Waals surface area contributed by atoms with Gasteiger partial charge in [0.1, 0.15) is 5.82 Å². The maximum Gasteiger partial charge on any atom is 0.261 e. The van der Waals surface area contributed by atoms with Crippen LogP contribution in [0.2, 0.25) is 0 Å². The first-order valence-electron chi connectivity index (χ1n) is 4.96. The van der Waals surface area contributed by atoms with Crippen LogP contribution in [0.3, 0.4) is 0 Å². The molecule has 0 saturated carbocycles. The van der Waals surface area contributed by atoms with Crippen LogP contribution >= 0.6 is 0 Å². The summed E-state index contributed by atoms with van der Waals surface area (Å²) in [6.07, 6.45) is 0. The Kier molecular flexibility index (Phi) is 2.10. The van der Waals surface area contributed by atoms with Crippen molar-refractivity contribution in [3.8, 4) is 0 Å². The molecule has 4 heteroatoms. The standard InChI is InChI=1S/C11H13BN2O/c1-5-6(2)9(12)10-8(5)11(15)14(4)7(3)13-10/h9H,1-4H3. The Balaban J connectivity index is 2.86. The fraction of sp³-hybridized carbons (Fsp3) is 0.455. The van der Waals surface area contributed by atoms with Gasteiger partial charge in [-0.25, -0.2) is 4.98 Å². The fourth-order valence-corrected chi connectivity index (χ4v) is 1.94. The predicted molar refractivity (Wildman–Crippen MR) is 61.0 cm³/mol. The van der Waals surface area contributed by atoms with Crippen molar-refractivity contribution in [3.05, 3.63) is 33.0 Å². The van der Waals surface area contributed by atoms with Gasteiger partial charge in [-0.2, -0.15) is 0 Å². The minimum absolute atomic E-state index is 0.00213. The number of hydrogen-bond acceptors (Lipinski definition) is 2. The predicted octanol–water partition coefficient (Wildman–Crippen LogP) is 1.11. The van der Waals surface area contributed by atoms with E-state index in [0.717, 1.165) is 16.8 Å². The third kappa shape index (κ3) is 1.20. The fourth-order valence-electron chi connectivity index (χ4n) is 1.94. The van der Waals surface area contributed by atoms with Crippen LogP contribution in [0.15, 0.2) is 10.4 Å². The minimum Gasteiger partial charge on any atom is -0.300 e. The van der Waals surface area contributed by atoms with E-state index >= 15 is 0 Å². The molecular formula is C11H13BN2O. The summed E-state index contributed by atoms with van der Waals surface area (Å²) in [5.41, 5.74) is 3.44. The molecule has 2 rings (SSSR count). The van der Waals surface area contributed by atoms with Gasteiger partial charge in [0.05, 0.1) is 19.1 Å². The van der Waals surface area contributed by atoms with E-state index in [1.807, 2.05) is 20.8 Å². The Labute approximate surface area is 90.3 Å². The smallest absolute Gasteiger partial charge is 0.261 e. The van der Waals surface area contributed by atoms with Crippen LogP contribution in [-0.4, -0.2) is 17.4 Å². The molecule has 76 valence electrons. The summed E-state index contributed by atoms with van der Waals surface area (Å²) in [5.74, 6) is 0.490. The molecule has 0 bridgehead atoms. The molecule has 0 N–H and O–H groups in total. The van der Waals surface area contributed by atoms with E-state index in [4.69, 9.17) is 7.85 Å². The normalized spacial score (nSPS) is 19.6. The second-order valence-electron chi connectivity index (χ2n) is 4.07. The van der Waals surface area contributed by atoms with Crippen molar-refractivity contribution in [1.29, 1.82) is 0 Å². The Morgan fingerprint density at radius 2 is 1.93 bits per heavy atom. The third-order valence-electron chi connectivity index (χ3n) is 3.27. The highest BCUT2D eigenvalue weighted by Crippen LogP contribution is 2.36. The number of fused-ring (bicyclic) bond motifs is 1. The zero-order valence-corrected chi connectivity index (χ0v) is 9.46.